The Balaban J connectivity index is 1.39. The average molecular weight is 415 g/mol. The van der Waals surface area contributed by atoms with Crippen LogP contribution in [0.1, 0.15) is 46.8 Å². The van der Waals surface area contributed by atoms with Crippen molar-refractivity contribution < 1.29 is 13.9 Å². The van der Waals surface area contributed by atoms with Gasteiger partial charge in [-0.3, -0.25) is 4.79 Å². The highest BCUT2D eigenvalue weighted by Gasteiger charge is 2.02. The van der Waals surface area contributed by atoms with Gasteiger partial charge in [-0.25, -0.2) is 4.39 Å². The van der Waals surface area contributed by atoms with Crippen LogP contribution in [0.25, 0.3) is 11.6 Å². The molecule has 31 heavy (non-hydrogen) atoms. The molecule has 0 aromatic heterocycles. The fourth-order valence-electron chi connectivity index (χ4n) is 3.13. The number of ketones is 1. The van der Waals surface area contributed by atoms with E-state index in [4.69, 9.17) is 4.74 Å². The van der Waals surface area contributed by atoms with Crippen LogP contribution in [-0.2, 0) is 6.42 Å². The van der Waals surface area contributed by atoms with E-state index >= 15 is 0 Å². The second-order valence-corrected chi connectivity index (χ2v) is 7.56. The van der Waals surface area contributed by atoms with Crippen molar-refractivity contribution in [3.8, 4) is 5.75 Å². The van der Waals surface area contributed by atoms with Crippen LogP contribution in [0, 0.1) is 5.82 Å². The Bertz CT molecular complexity index is 1030. The van der Waals surface area contributed by atoms with E-state index in [0.29, 0.717) is 12.2 Å². The summed E-state index contributed by atoms with van der Waals surface area (Å²) in [5.41, 5.74) is 4.87. The minimum absolute atomic E-state index is 0.140. The maximum Gasteiger partial charge on any atom is 0.185 e. The molecule has 2 nitrogen and oxygen atoms in total. The van der Waals surface area contributed by atoms with Crippen LogP contribution in [0.4, 0.5) is 4.39 Å². The second-order valence-electron chi connectivity index (χ2n) is 7.56. The van der Waals surface area contributed by atoms with Gasteiger partial charge >= 0.3 is 0 Å². The Morgan fingerprint density at radius 2 is 1.55 bits per heavy atom. The summed E-state index contributed by atoms with van der Waals surface area (Å²) in [6.07, 6.45) is 6.31. The van der Waals surface area contributed by atoms with Crippen molar-refractivity contribution in [1.82, 2.24) is 0 Å². The molecule has 3 aromatic carbocycles. The van der Waals surface area contributed by atoms with Gasteiger partial charge in [0.25, 0.3) is 0 Å². The highest BCUT2D eigenvalue weighted by molar-refractivity contribution is 6.06. The minimum Gasteiger partial charge on any atom is -0.494 e. The van der Waals surface area contributed by atoms with Crippen LogP contribution in [0.3, 0.4) is 0 Å². The number of unbranched alkanes of at least 4 members (excludes halogenated alkanes) is 1. The van der Waals surface area contributed by atoms with E-state index in [1.807, 2.05) is 43.3 Å². The fourth-order valence-corrected chi connectivity index (χ4v) is 3.13. The van der Waals surface area contributed by atoms with Crippen LogP contribution in [0.2, 0.25) is 0 Å². The number of ether oxygens (including phenoxy) is 1. The zero-order chi connectivity index (χ0) is 22.1. The smallest absolute Gasteiger partial charge is 0.185 e. The molecule has 0 radical (unpaired) electrons. The molecule has 0 aliphatic rings. The van der Waals surface area contributed by atoms with E-state index in [1.54, 1.807) is 6.08 Å². The molecule has 0 unspecified atom stereocenters. The van der Waals surface area contributed by atoms with Gasteiger partial charge in [-0.1, -0.05) is 54.6 Å². The van der Waals surface area contributed by atoms with Crippen LogP contribution >= 0.6 is 0 Å². The van der Waals surface area contributed by atoms with Gasteiger partial charge in [0.2, 0.25) is 0 Å². The summed E-state index contributed by atoms with van der Waals surface area (Å²) in [6, 6.07) is 21.8. The molecule has 3 aromatic rings. The molecule has 0 aliphatic carbocycles. The van der Waals surface area contributed by atoms with Crippen LogP contribution in [0.15, 0.2) is 85.5 Å². The Morgan fingerprint density at radius 3 is 2.19 bits per heavy atom. The zero-order valence-corrected chi connectivity index (χ0v) is 17.8. The quantitative estimate of drug-likeness (QED) is 0.200. The van der Waals surface area contributed by atoms with E-state index in [-0.39, 0.29) is 11.6 Å². The van der Waals surface area contributed by atoms with Gasteiger partial charge < -0.3 is 4.74 Å². The third-order valence-electron chi connectivity index (χ3n) is 5.01. The number of carbonyl (C=O) groups excluding carboxylic acids is 1. The molecule has 0 saturated heterocycles. The lowest BCUT2D eigenvalue weighted by Crippen LogP contribution is -1.98. The average Bonchev–Trinajstić information content (AvgIpc) is 2.79. The van der Waals surface area contributed by atoms with E-state index < -0.39 is 0 Å². The standard InChI is InChI=1S/C28H27FO2/c1-21(2)24-13-17-27(18-14-24)31-20-4-3-5-22-6-8-23(9-7-22)10-19-28(30)25-11-15-26(29)16-12-25/h6-19H,1,3-5,20H2,2H3/b19-10+. The van der Waals surface area contributed by atoms with E-state index in [0.717, 1.165) is 41.7 Å². The van der Waals surface area contributed by atoms with Crippen molar-refractivity contribution in [2.24, 2.45) is 0 Å². The molecule has 0 atom stereocenters. The van der Waals surface area contributed by atoms with Crippen molar-refractivity contribution in [2.75, 3.05) is 6.61 Å². The topological polar surface area (TPSA) is 26.3 Å². The Morgan fingerprint density at radius 1 is 0.903 bits per heavy atom. The van der Waals surface area contributed by atoms with Crippen LogP contribution < -0.4 is 4.74 Å². The Labute approximate surface area is 183 Å². The predicted molar refractivity (Wildman–Crippen MR) is 126 cm³/mol. The highest BCUT2D eigenvalue weighted by atomic mass is 19.1. The van der Waals surface area contributed by atoms with Gasteiger partial charge in [0.1, 0.15) is 11.6 Å². The van der Waals surface area contributed by atoms with E-state index in [2.05, 4.69) is 18.7 Å². The molecule has 0 heterocycles. The highest BCUT2D eigenvalue weighted by Crippen LogP contribution is 2.17. The predicted octanol–water partition coefficient (Wildman–Crippen LogP) is 7.16. The summed E-state index contributed by atoms with van der Waals surface area (Å²) in [6.45, 7) is 6.62. The molecule has 0 amide bonds. The number of carbonyl (C=O) groups is 1. The van der Waals surface area contributed by atoms with Crippen molar-refractivity contribution in [3.63, 3.8) is 0 Å². The monoisotopic (exact) mass is 414 g/mol. The Kier molecular flexibility index (Phi) is 7.94. The molecule has 0 bridgehead atoms. The van der Waals surface area contributed by atoms with Crippen molar-refractivity contribution in [3.05, 3.63) is 114 Å². The molecular formula is C28H27FO2. The zero-order valence-electron chi connectivity index (χ0n) is 17.8. The maximum atomic E-state index is 12.9. The number of aryl methyl sites for hydroxylation is 1. The minimum atomic E-state index is -0.347. The first-order chi connectivity index (χ1) is 15.0. The Hall–Kier alpha value is -3.46. The summed E-state index contributed by atoms with van der Waals surface area (Å²) in [4.78, 5) is 12.1. The lowest BCUT2D eigenvalue weighted by molar-refractivity contribution is 0.104. The molecular weight excluding hydrogens is 387 g/mol. The van der Waals surface area contributed by atoms with E-state index in [9.17, 15) is 9.18 Å². The van der Waals surface area contributed by atoms with E-state index in [1.165, 1.54) is 35.9 Å². The van der Waals surface area contributed by atoms with Crippen LogP contribution in [-0.4, -0.2) is 12.4 Å². The lowest BCUT2D eigenvalue weighted by Gasteiger charge is -2.07. The normalized spacial score (nSPS) is 10.9. The van der Waals surface area contributed by atoms with Crippen molar-refractivity contribution in [2.45, 2.75) is 26.2 Å². The van der Waals surface area contributed by atoms with Gasteiger partial charge in [-0.2, -0.15) is 0 Å². The maximum absolute atomic E-state index is 12.9. The molecule has 0 aliphatic heterocycles. The van der Waals surface area contributed by atoms with Gasteiger partial charge in [0.05, 0.1) is 6.61 Å². The van der Waals surface area contributed by atoms with Crippen LogP contribution in [0.5, 0.6) is 5.75 Å². The summed E-state index contributed by atoms with van der Waals surface area (Å²) in [5.74, 6) is 0.398. The number of hydrogen-bond donors (Lipinski definition) is 0. The van der Waals surface area contributed by atoms with Gasteiger partial charge in [0.15, 0.2) is 5.78 Å². The molecule has 0 spiro atoms. The molecule has 0 N–H and O–H groups in total. The number of benzene rings is 3. The third kappa shape index (κ3) is 7.07. The first kappa shape index (κ1) is 22.2. The first-order valence-corrected chi connectivity index (χ1v) is 10.5. The van der Waals surface area contributed by atoms with Gasteiger partial charge in [-0.05, 0) is 85.4 Å². The van der Waals surface area contributed by atoms with Gasteiger partial charge in [0, 0.05) is 5.56 Å². The summed E-state index contributed by atoms with van der Waals surface area (Å²) in [7, 11) is 0. The largest absolute Gasteiger partial charge is 0.494 e. The molecule has 0 saturated carbocycles. The van der Waals surface area contributed by atoms with Crippen molar-refractivity contribution in [1.29, 1.82) is 0 Å². The molecule has 3 rings (SSSR count). The fraction of sp³-hybridized carbons (Fsp3) is 0.179. The van der Waals surface area contributed by atoms with Crippen molar-refractivity contribution >= 4 is 17.4 Å². The molecule has 0 fully saturated rings. The summed E-state index contributed by atoms with van der Waals surface area (Å²) in [5, 5.41) is 0. The molecule has 158 valence electrons. The third-order valence-corrected chi connectivity index (χ3v) is 5.01. The summed E-state index contributed by atoms with van der Waals surface area (Å²) < 4.78 is 18.8. The van der Waals surface area contributed by atoms with Gasteiger partial charge in [-0.15, -0.1) is 0 Å². The first-order valence-electron chi connectivity index (χ1n) is 10.5. The number of rotatable bonds is 10. The number of halogens is 1. The number of allylic oxidation sites excluding steroid dienone is 2. The number of hydrogen-bond acceptors (Lipinski definition) is 2. The second kappa shape index (κ2) is 11.1. The summed E-state index contributed by atoms with van der Waals surface area (Å²) >= 11 is 0. The molecule has 3 heteroatoms. The SMILES string of the molecule is C=C(C)c1ccc(OCCCCc2ccc(/C=C/C(=O)c3ccc(F)cc3)cc2)cc1. The lowest BCUT2D eigenvalue weighted by atomic mass is 10.0.